The Morgan fingerprint density at radius 1 is 1.25 bits per heavy atom. The first-order valence-corrected chi connectivity index (χ1v) is 5.78. The Morgan fingerprint density at radius 3 is 2.38 bits per heavy atom. The Labute approximate surface area is 98.8 Å². The van der Waals surface area contributed by atoms with Crippen molar-refractivity contribution in [3.05, 3.63) is 28.8 Å². The van der Waals surface area contributed by atoms with E-state index in [4.69, 9.17) is 10.5 Å². The van der Waals surface area contributed by atoms with E-state index in [0.29, 0.717) is 6.54 Å². The molecule has 16 heavy (non-hydrogen) atoms. The van der Waals surface area contributed by atoms with Crippen molar-refractivity contribution in [3.63, 3.8) is 0 Å². The summed E-state index contributed by atoms with van der Waals surface area (Å²) < 4.78 is 5.55. The summed E-state index contributed by atoms with van der Waals surface area (Å²) in [6.07, 6.45) is 0.964. The van der Waals surface area contributed by atoms with Crippen LogP contribution in [0.5, 0.6) is 5.75 Å². The molecule has 2 nitrogen and oxygen atoms in total. The van der Waals surface area contributed by atoms with E-state index in [1.165, 1.54) is 16.7 Å². The van der Waals surface area contributed by atoms with Crippen molar-refractivity contribution in [1.82, 2.24) is 0 Å². The summed E-state index contributed by atoms with van der Waals surface area (Å²) in [5.74, 6) is 1.01. The molecule has 2 heteroatoms. The normalized spacial score (nSPS) is 11.6. The fraction of sp³-hybridized carbons (Fsp3) is 0.571. The maximum atomic E-state index is 5.67. The van der Waals surface area contributed by atoms with Crippen LogP contribution in [-0.4, -0.2) is 13.7 Å². The molecular weight excluding hydrogens is 198 g/mol. The van der Waals surface area contributed by atoms with Crippen LogP contribution in [0.2, 0.25) is 0 Å². The van der Waals surface area contributed by atoms with Gasteiger partial charge in [-0.2, -0.15) is 0 Å². The van der Waals surface area contributed by atoms with E-state index < -0.39 is 0 Å². The van der Waals surface area contributed by atoms with Crippen LogP contribution in [0.1, 0.15) is 37.0 Å². The van der Waals surface area contributed by atoms with E-state index in [1.54, 1.807) is 7.11 Å². The van der Waals surface area contributed by atoms with Gasteiger partial charge in [0.2, 0.25) is 0 Å². The molecule has 0 spiro atoms. The van der Waals surface area contributed by atoms with Crippen LogP contribution in [0.4, 0.5) is 0 Å². The fourth-order valence-electron chi connectivity index (χ4n) is 2.08. The third-order valence-corrected chi connectivity index (χ3v) is 3.38. The first-order valence-electron chi connectivity index (χ1n) is 5.78. The molecule has 1 aromatic rings. The third kappa shape index (κ3) is 2.38. The van der Waals surface area contributed by atoms with E-state index in [0.717, 1.165) is 12.2 Å². The Hall–Kier alpha value is -1.02. The second-order valence-corrected chi connectivity index (χ2v) is 5.01. The van der Waals surface area contributed by atoms with Crippen molar-refractivity contribution in [2.75, 3.05) is 13.7 Å². The number of hydrogen-bond donors (Lipinski definition) is 1. The molecule has 0 aliphatic heterocycles. The van der Waals surface area contributed by atoms with Gasteiger partial charge < -0.3 is 10.5 Å². The topological polar surface area (TPSA) is 35.2 Å². The minimum atomic E-state index is 0.0680. The van der Waals surface area contributed by atoms with Crippen LogP contribution in [0.15, 0.2) is 12.1 Å². The van der Waals surface area contributed by atoms with Crippen LogP contribution in [0.25, 0.3) is 0 Å². The molecule has 90 valence electrons. The van der Waals surface area contributed by atoms with Gasteiger partial charge >= 0.3 is 0 Å². The number of aryl methyl sites for hydroxylation is 1. The predicted molar refractivity (Wildman–Crippen MR) is 69.2 cm³/mol. The van der Waals surface area contributed by atoms with Gasteiger partial charge in [-0.05, 0) is 43.4 Å². The molecule has 0 fully saturated rings. The van der Waals surface area contributed by atoms with Gasteiger partial charge in [-0.3, -0.25) is 0 Å². The summed E-state index contributed by atoms with van der Waals surface area (Å²) >= 11 is 0. The van der Waals surface area contributed by atoms with E-state index in [-0.39, 0.29) is 5.41 Å². The lowest BCUT2D eigenvalue weighted by Gasteiger charge is -2.28. The molecule has 1 rings (SSSR count). The van der Waals surface area contributed by atoms with Crippen molar-refractivity contribution in [2.45, 2.75) is 39.5 Å². The van der Waals surface area contributed by atoms with Crippen molar-refractivity contribution in [3.8, 4) is 5.75 Å². The maximum absolute atomic E-state index is 5.67. The minimum Gasteiger partial charge on any atom is -0.496 e. The molecule has 0 aromatic heterocycles. The van der Waals surface area contributed by atoms with E-state index >= 15 is 0 Å². The minimum absolute atomic E-state index is 0.0680. The average Bonchev–Trinajstić information content (AvgIpc) is 2.21. The fourth-order valence-corrected chi connectivity index (χ4v) is 2.08. The number of nitrogens with two attached hydrogens (primary N) is 1. The Bertz CT molecular complexity index is 369. The SMILES string of the molecule is COc1c(C(C)(C)CCN)ccc(C)c1C. The largest absolute Gasteiger partial charge is 0.496 e. The molecule has 0 amide bonds. The van der Waals surface area contributed by atoms with Gasteiger partial charge in [-0.15, -0.1) is 0 Å². The lowest BCUT2D eigenvalue weighted by atomic mass is 9.79. The highest BCUT2D eigenvalue weighted by Gasteiger charge is 2.24. The predicted octanol–water partition coefficient (Wildman–Crippen LogP) is 2.94. The summed E-state index contributed by atoms with van der Waals surface area (Å²) in [5.41, 5.74) is 9.49. The summed E-state index contributed by atoms with van der Waals surface area (Å²) in [4.78, 5) is 0. The molecule has 0 saturated heterocycles. The van der Waals surface area contributed by atoms with Gasteiger partial charge in [0.25, 0.3) is 0 Å². The monoisotopic (exact) mass is 221 g/mol. The number of rotatable bonds is 4. The quantitative estimate of drug-likeness (QED) is 0.848. The molecule has 0 aliphatic carbocycles. The molecule has 0 saturated carbocycles. The molecule has 0 radical (unpaired) electrons. The Kier molecular flexibility index (Phi) is 3.98. The van der Waals surface area contributed by atoms with Gasteiger partial charge in [-0.25, -0.2) is 0 Å². The van der Waals surface area contributed by atoms with Crippen LogP contribution < -0.4 is 10.5 Å². The summed E-state index contributed by atoms with van der Waals surface area (Å²) in [6.45, 7) is 9.34. The Morgan fingerprint density at radius 2 is 1.88 bits per heavy atom. The number of methoxy groups -OCH3 is 1. The van der Waals surface area contributed by atoms with Crippen molar-refractivity contribution < 1.29 is 4.74 Å². The zero-order chi connectivity index (χ0) is 12.3. The van der Waals surface area contributed by atoms with Crippen molar-refractivity contribution in [1.29, 1.82) is 0 Å². The zero-order valence-electron chi connectivity index (χ0n) is 11.1. The maximum Gasteiger partial charge on any atom is 0.125 e. The lowest BCUT2D eigenvalue weighted by Crippen LogP contribution is -2.22. The van der Waals surface area contributed by atoms with Crippen molar-refractivity contribution in [2.24, 2.45) is 5.73 Å². The van der Waals surface area contributed by atoms with E-state index in [1.807, 2.05) is 0 Å². The Balaban J connectivity index is 3.28. The molecule has 2 N–H and O–H groups in total. The number of ether oxygens (including phenoxy) is 1. The van der Waals surface area contributed by atoms with E-state index in [9.17, 15) is 0 Å². The first-order chi connectivity index (χ1) is 7.44. The van der Waals surface area contributed by atoms with Gasteiger partial charge in [0.1, 0.15) is 5.75 Å². The molecule has 0 bridgehead atoms. The van der Waals surface area contributed by atoms with Crippen LogP contribution >= 0.6 is 0 Å². The van der Waals surface area contributed by atoms with Crippen LogP contribution in [-0.2, 0) is 5.41 Å². The third-order valence-electron chi connectivity index (χ3n) is 3.38. The summed E-state index contributed by atoms with van der Waals surface area (Å²) in [7, 11) is 1.74. The van der Waals surface area contributed by atoms with Gasteiger partial charge in [-0.1, -0.05) is 26.0 Å². The average molecular weight is 221 g/mol. The highest BCUT2D eigenvalue weighted by atomic mass is 16.5. The number of benzene rings is 1. The molecule has 0 atom stereocenters. The van der Waals surface area contributed by atoms with Gasteiger partial charge in [0.15, 0.2) is 0 Å². The van der Waals surface area contributed by atoms with Gasteiger partial charge in [0, 0.05) is 5.56 Å². The second kappa shape index (κ2) is 4.88. The highest BCUT2D eigenvalue weighted by Crippen LogP contribution is 2.37. The second-order valence-electron chi connectivity index (χ2n) is 5.01. The zero-order valence-corrected chi connectivity index (χ0v) is 11.1. The molecular formula is C14H23NO. The smallest absolute Gasteiger partial charge is 0.125 e. The lowest BCUT2D eigenvalue weighted by molar-refractivity contribution is 0.383. The van der Waals surface area contributed by atoms with E-state index in [2.05, 4.69) is 39.8 Å². The summed E-state index contributed by atoms with van der Waals surface area (Å²) in [5, 5.41) is 0. The highest BCUT2D eigenvalue weighted by molar-refractivity contribution is 5.48. The molecule has 1 aromatic carbocycles. The molecule has 0 unspecified atom stereocenters. The standard InChI is InChI=1S/C14H23NO/c1-10-6-7-12(13(16-5)11(10)2)14(3,4)8-9-15/h6-7H,8-9,15H2,1-5H3. The number of hydrogen-bond acceptors (Lipinski definition) is 2. The molecule has 0 aliphatic rings. The van der Waals surface area contributed by atoms with Crippen LogP contribution in [0.3, 0.4) is 0 Å². The first kappa shape index (κ1) is 13.0. The molecule has 0 heterocycles. The van der Waals surface area contributed by atoms with Crippen LogP contribution in [0, 0.1) is 13.8 Å². The van der Waals surface area contributed by atoms with Crippen molar-refractivity contribution >= 4 is 0 Å². The van der Waals surface area contributed by atoms with Gasteiger partial charge in [0.05, 0.1) is 7.11 Å². The summed E-state index contributed by atoms with van der Waals surface area (Å²) in [6, 6.07) is 4.32.